The van der Waals surface area contributed by atoms with Crippen LogP contribution in [0.25, 0.3) is 0 Å². The molecule has 0 aliphatic heterocycles. The van der Waals surface area contributed by atoms with Gasteiger partial charge in [0, 0.05) is 18.5 Å². The first-order valence-corrected chi connectivity index (χ1v) is 5.82. The highest BCUT2D eigenvalue weighted by atomic mass is 35.5. The van der Waals surface area contributed by atoms with Crippen LogP contribution >= 0.6 is 11.6 Å². The Hall–Kier alpha value is -1.75. The molecule has 18 heavy (non-hydrogen) atoms. The number of benzene rings is 1. The van der Waals surface area contributed by atoms with Gasteiger partial charge in [-0.2, -0.15) is 0 Å². The van der Waals surface area contributed by atoms with Gasteiger partial charge >= 0.3 is 5.97 Å². The number of nitrogens with one attached hydrogen (secondary N) is 1. The molecule has 1 rings (SSSR count). The highest BCUT2D eigenvalue weighted by molar-refractivity contribution is 6.33. The Bertz CT molecular complexity index is 449. The summed E-state index contributed by atoms with van der Waals surface area (Å²) >= 11 is 5.81. The van der Waals surface area contributed by atoms with Crippen LogP contribution in [0.15, 0.2) is 18.2 Å². The topological polar surface area (TPSA) is 81.4 Å². The molecule has 0 aliphatic carbocycles. The Morgan fingerprint density at radius 3 is 2.78 bits per heavy atom. The fraction of sp³-hybridized carbons (Fsp3) is 0.333. The van der Waals surface area contributed by atoms with Crippen LogP contribution in [0.4, 0.5) is 5.69 Å². The highest BCUT2D eigenvalue weighted by Gasteiger charge is 2.07. The number of carbonyl (C=O) groups is 2. The van der Waals surface area contributed by atoms with E-state index in [4.69, 9.17) is 17.3 Å². The third-order valence-electron chi connectivity index (χ3n) is 2.33. The van der Waals surface area contributed by atoms with Crippen molar-refractivity contribution in [3.8, 4) is 0 Å². The summed E-state index contributed by atoms with van der Waals surface area (Å²) in [5.41, 5.74) is 6.41. The van der Waals surface area contributed by atoms with E-state index >= 15 is 0 Å². The summed E-state index contributed by atoms with van der Waals surface area (Å²) in [5, 5.41) is 3.02. The van der Waals surface area contributed by atoms with Gasteiger partial charge < -0.3 is 15.8 Å². The molecule has 0 saturated heterocycles. The average Bonchev–Trinajstić information content (AvgIpc) is 2.37. The summed E-state index contributed by atoms with van der Waals surface area (Å²) in [6, 6.07) is 4.68. The first-order chi connectivity index (χ1) is 8.54. The van der Waals surface area contributed by atoms with Crippen molar-refractivity contribution in [1.29, 1.82) is 0 Å². The molecular formula is C12H15ClN2O3. The quantitative estimate of drug-likeness (QED) is 0.484. The molecule has 0 fully saturated rings. The van der Waals surface area contributed by atoms with Crippen LogP contribution in [0.1, 0.15) is 23.2 Å². The molecule has 0 aliphatic rings. The van der Waals surface area contributed by atoms with Crippen LogP contribution in [0.5, 0.6) is 0 Å². The summed E-state index contributed by atoms with van der Waals surface area (Å²) in [7, 11) is 1.33. The molecule has 1 aromatic carbocycles. The standard InChI is InChI=1S/C12H15ClN2O3/c1-18-11(16)3-2-6-15-12(17)8-4-5-10(14)9(13)7-8/h4-5,7H,2-3,6,14H2,1H3,(H,15,17). The summed E-state index contributed by atoms with van der Waals surface area (Å²) in [6.07, 6.45) is 0.806. The van der Waals surface area contributed by atoms with Crippen LogP contribution in [-0.4, -0.2) is 25.5 Å². The predicted molar refractivity (Wildman–Crippen MR) is 69.4 cm³/mol. The van der Waals surface area contributed by atoms with E-state index in [-0.39, 0.29) is 18.3 Å². The molecule has 0 spiro atoms. The van der Waals surface area contributed by atoms with Crippen molar-refractivity contribution in [1.82, 2.24) is 5.32 Å². The van der Waals surface area contributed by atoms with Gasteiger partial charge in [0.25, 0.3) is 5.91 Å². The van der Waals surface area contributed by atoms with Gasteiger partial charge in [0.1, 0.15) is 0 Å². The number of methoxy groups -OCH3 is 1. The van der Waals surface area contributed by atoms with Crippen molar-refractivity contribution in [3.63, 3.8) is 0 Å². The normalized spacial score (nSPS) is 9.89. The lowest BCUT2D eigenvalue weighted by Crippen LogP contribution is -2.25. The number of halogens is 1. The maximum atomic E-state index is 11.7. The highest BCUT2D eigenvalue weighted by Crippen LogP contribution is 2.19. The zero-order valence-electron chi connectivity index (χ0n) is 10.0. The smallest absolute Gasteiger partial charge is 0.305 e. The number of esters is 1. The molecule has 5 nitrogen and oxygen atoms in total. The van der Waals surface area contributed by atoms with E-state index in [2.05, 4.69) is 10.1 Å². The minimum absolute atomic E-state index is 0.248. The van der Waals surface area contributed by atoms with Crippen LogP contribution < -0.4 is 11.1 Å². The van der Waals surface area contributed by atoms with Gasteiger partial charge in [-0.3, -0.25) is 9.59 Å². The van der Waals surface area contributed by atoms with Crippen LogP contribution in [0.2, 0.25) is 5.02 Å². The second-order valence-electron chi connectivity index (χ2n) is 3.67. The number of carbonyl (C=O) groups excluding carboxylic acids is 2. The molecule has 0 saturated carbocycles. The summed E-state index contributed by atoms with van der Waals surface area (Å²) in [6.45, 7) is 0.399. The molecule has 3 N–H and O–H groups in total. The van der Waals surface area contributed by atoms with Gasteiger partial charge in [0.2, 0.25) is 0 Å². The largest absolute Gasteiger partial charge is 0.469 e. The SMILES string of the molecule is COC(=O)CCCNC(=O)c1ccc(N)c(Cl)c1. The molecule has 0 radical (unpaired) electrons. The second kappa shape index (κ2) is 6.86. The molecule has 6 heteroatoms. The van der Waals surface area contributed by atoms with Crippen LogP contribution in [0.3, 0.4) is 0 Å². The number of ether oxygens (including phenoxy) is 1. The van der Waals surface area contributed by atoms with Crippen molar-refractivity contribution in [2.24, 2.45) is 0 Å². The Morgan fingerprint density at radius 2 is 2.17 bits per heavy atom. The molecule has 1 amide bonds. The lowest BCUT2D eigenvalue weighted by molar-refractivity contribution is -0.140. The first kappa shape index (κ1) is 14.3. The van der Waals surface area contributed by atoms with Gasteiger partial charge in [-0.1, -0.05) is 11.6 Å². The minimum Gasteiger partial charge on any atom is -0.469 e. The molecule has 0 aromatic heterocycles. The van der Waals surface area contributed by atoms with Crippen LogP contribution in [-0.2, 0) is 9.53 Å². The zero-order valence-corrected chi connectivity index (χ0v) is 10.8. The summed E-state index contributed by atoms with van der Waals surface area (Å²) in [4.78, 5) is 22.5. The fourth-order valence-corrected chi connectivity index (χ4v) is 1.49. The third-order valence-corrected chi connectivity index (χ3v) is 2.66. The molecule has 1 aromatic rings. The number of nitrogen functional groups attached to an aromatic ring is 1. The summed E-state index contributed by atoms with van der Waals surface area (Å²) < 4.78 is 4.49. The first-order valence-electron chi connectivity index (χ1n) is 5.44. The molecule has 98 valence electrons. The van der Waals surface area contributed by atoms with Crippen molar-refractivity contribution >= 4 is 29.2 Å². The van der Waals surface area contributed by atoms with Crippen molar-refractivity contribution in [2.75, 3.05) is 19.4 Å². The Kier molecular flexibility index (Phi) is 5.45. The number of hydrogen-bond donors (Lipinski definition) is 2. The monoisotopic (exact) mass is 270 g/mol. The van der Waals surface area contributed by atoms with Gasteiger partial charge in [0.15, 0.2) is 0 Å². The molecule has 0 heterocycles. The Morgan fingerprint density at radius 1 is 1.44 bits per heavy atom. The van der Waals surface area contributed by atoms with E-state index in [1.807, 2.05) is 0 Å². The maximum absolute atomic E-state index is 11.7. The number of rotatable bonds is 5. The lowest BCUT2D eigenvalue weighted by Gasteiger charge is -2.06. The fourth-order valence-electron chi connectivity index (χ4n) is 1.31. The van der Waals surface area contributed by atoms with Crippen molar-refractivity contribution in [3.05, 3.63) is 28.8 Å². The average molecular weight is 271 g/mol. The van der Waals surface area contributed by atoms with Gasteiger partial charge in [-0.25, -0.2) is 0 Å². The van der Waals surface area contributed by atoms with Gasteiger partial charge in [-0.05, 0) is 24.6 Å². The van der Waals surface area contributed by atoms with Crippen molar-refractivity contribution in [2.45, 2.75) is 12.8 Å². The minimum atomic E-state index is -0.292. The number of anilines is 1. The van der Waals surface area contributed by atoms with E-state index in [0.29, 0.717) is 29.2 Å². The Labute approximate surface area is 110 Å². The molecule has 0 atom stereocenters. The number of amides is 1. The predicted octanol–water partition coefficient (Wildman–Crippen LogP) is 1.61. The third kappa shape index (κ3) is 4.25. The second-order valence-corrected chi connectivity index (χ2v) is 4.08. The summed E-state index contributed by atoms with van der Waals surface area (Å²) in [5.74, 6) is -0.540. The van der Waals surface area contributed by atoms with E-state index < -0.39 is 0 Å². The van der Waals surface area contributed by atoms with E-state index in [0.717, 1.165) is 0 Å². The van der Waals surface area contributed by atoms with E-state index in [9.17, 15) is 9.59 Å². The van der Waals surface area contributed by atoms with Gasteiger partial charge in [0.05, 0.1) is 17.8 Å². The van der Waals surface area contributed by atoms with Gasteiger partial charge in [-0.15, -0.1) is 0 Å². The molecule has 0 unspecified atom stereocenters. The van der Waals surface area contributed by atoms with E-state index in [1.54, 1.807) is 12.1 Å². The maximum Gasteiger partial charge on any atom is 0.305 e. The molecular weight excluding hydrogens is 256 g/mol. The zero-order chi connectivity index (χ0) is 13.5. The van der Waals surface area contributed by atoms with E-state index in [1.165, 1.54) is 13.2 Å². The van der Waals surface area contributed by atoms with Crippen molar-refractivity contribution < 1.29 is 14.3 Å². The Balaban J connectivity index is 2.41. The molecule has 0 bridgehead atoms. The number of nitrogens with two attached hydrogens (primary N) is 1. The number of hydrogen-bond acceptors (Lipinski definition) is 4. The van der Waals surface area contributed by atoms with Crippen LogP contribution in [0, 0.1) is 0 Å². The lowest BCUT2D eigenvalue weighted by atomic mass is 10.2.